The van der Waals surface area contributed by atoms with E-state index in [4.69, 9.17) is 0 Å². The lowest BCUT2D eigenvalue weighted by Gasteiger charge is -2.15. The monoisotopic (exact) mass is 298 g/mol. The number of para-hydroxylation sites is 1. The van der Waals surface area contributed by atoms with Crippen LogP contribution in [0.15, 0.2) is 30.3 Å². The first kappa shape index (κ1) is 15.9. The maximum absolute atomic E-state index is 12.4. The van der Waals surface area contributed by atoms with Crippen molar-refractivity contribution >= 4 is 17.5 Å². The third-order valence-electron chi connectivity index (χ3n) is 3.39. The van der Waals surface area contributed by atoms with Crippen molar-refractivity contribution in [3.63, 3.8) is 0 Å². The van der Waals surface area contributed by atoms with Gasteiger partial charge in [0.25, 0.3) is 5.91 Å². The first-order chi connectivity index (χ1) is 10.5. The van der Waals surface area contributed by atoms with Gasteiger partial charge in [-0.25, -0.2) is 9.97 Å². The number of amides is 1. The molecule has 2 aromatic rings. The second-order valence-electron chi connectivity index (χ2n) is 5.43. The average Bonchev–Trinajstić information content (AvgIpc) is 2.46. The van der Waals surface area contributed by atoms with Crippen LogP contribution in [0.2, 0.25) is 0 Å². The van der Waals surface area contributed by atoms with Gasteiger partial charge in [0.15, 0.2) is 0 Å². The summed E-state index contributed by atoms with van der Waals surface area (Å²) in [6.45, 7) is 7.86. The maximum Gasteiger partial charge on any atom is 0.253 e. The molecule has 0 fully saturated rings. The number of nitrogens with one attached hydrogen (secondary N) is 2. The summed E-state index contributed by atoms with van der Waals surface area (Å²) in [6.07, 6.45) is 0.890. The molecule has 1 heterocycles. The van der Waals surface area contributed by atoms with E-state index >= 15 is 0 Å². The molecule has 0 spiro atoms. The highest BCUT2D eigenvalue weighted by atomic mass is 16.1. The van der Waals surface area contributed by atoms with Crippen LogP contribution in [-0.2, 0) is 0 Å². The first-order valence-electron chi connectivity index (χ1n) is 7.48. The molecule has 1 atom stereocenters. The number of aromatic nitrogens is 2. The molecular formula is C17H22N4O. The minimum Gasteiger partial charge on any atom is -0.350 e. The molecule has 0 bridgehead atoms. The lowest BCUT2D eigenvalue weighted by molar-refractivity contribution is 0.0940. The van der Waals surface area contributed by atoms with Crippen molar-refractivity contribution in [3.05, 3.63) is 47.3 Å². The summed E-state index contributed by atoms with van der Waals surface area (Å²) < 4.78 is 0. The summed E-state index contributed by atoms with van der Waals surface area (Å²) in [5.41, 5.74) is 3.06. The molecule has 0 unspecified atom stereocenters. The average molecular weight is 298 g/mol. The highest BCUT2D eigenvalue weighted by Gasteiger charge is 2.13. The van der Waals surface area contributed by atoms with E-state index in [0.29, 0.717) is 17.2 Å². The Balaban J connectivity index is 2.26. The van der Waals surface area contributed by atoms with E-state index in [1.165, 1.54) is 0 Å². The molecule has 0 saturated carbocycles. The van der Waals surface area contributed by atoms with Gasteiger partial charge >= 0.3 is 0 Å². The van der Waals surface area contributed by atoms with Gasteiger partial charge in [0, 0.05) is 17.4 Å². The van der Waals surface area contributed by atoms with Crippen molar-refractivity contribution in [3.8, 4) is 0 Å². The molecule has 5 heteroatoms. The Labute approximate surface area is 131 Å². The Hall–Kier alpha value is -2.43. The Morgan fingerprint density at radius 2 is 1.82 bits per heavy atom. The van der Waals surface area contributed by atoms with Crippen molar-refractivity contribution in [2.45, 2.75) is 40.2 Å². The number of carbonyl (C=O) groups is 1. The topological polar surface area (TPSA) is 66.9 Å². The minimum absolute atomic E-state index is 0.0955. The zero-order chi connectivity index (χ0) is 16.1. The summed E-state index contributed by atoms with van der Waals surface area (Å²) >= 11 is 0. The summed E-state index contributed by atoms with van der Waals surface area (Å²) in [4.78, 5) is 21.1. The summed E-state index contributed by atoms with van der Waals surface area (Å²) in [5, 5.41) is 6.12. The van der Waals surface area contributed by atoms with Gasteiger partial charge in [-0.15, -0.1) is 0 Å². The number of rotatable bonds is 5. The second kappa shape index (κ2) is 7.02. The molecule has 1 aromatic heterocycles. The third kappa shape index (κ3) is 4.04. The summed E-state index contributed by atoms with van der Waals surface area (Å²) in [7, 11) is 0. The summed E-state index contributed by atoms with van der Waals surface area (Å²) in [5.74, 6) is 0.406. The fourth-order valence-corrected chi connectivity index (χ4v) is 2.10. The normalized spacial score (nSPS) is 11.8. The number of nitrogens with zero attached hydrogens (tertiary/aromatic N) is 2. The van der Waals surface area contributed by atoms with E-state index < -0.39 is 0 Å². The number of hydrogen-bond acceptors (Lipinski definition) is 4. The molecule has 116 valence electrons. The smallest absolute Gasteiger partial charge is 0.253 e. The fourth-order valence-electron chi connectivity index (χ4n) is 2.10. The van der Waals surface area contributed by atoms with Gasteiger partial charge < -0.3 is 10.6 Å². The predicted octanol–water partition coefficient (Wildman–Crippen LogP) is 3.37. The van der Waals surface area contributed by atoms with E-state index in [1.54, 1.807) is 6.07 Å². The van der Waals surface area contributed by atoms with Gasteiger partial charge in [0.1, 0.15) is 0 Å². The maximum atomic E-state index is 12.4. The van der Waals surface area contributed by atoms with Crippen LogP contribution in [0.25, 0.3) is 0 Å². The van der Waals surface area contributed by atoms with Crippen LogP contribution in [0.4, 0.5) is 11.6 Å². The van der Waals surface area contributed by atoms with Crippen LogP contribution in [-0.4, -0.2) is 21.9 Å². The van der Waals surface area contributed by atoms with E-state index in [9.17, 15) is 4.79 Å². The van der Waals surface area contributed by atoms with Gasteiger partial charge in [-0.05, 0) is 45.4 Å². The van der Waals surface area contributed by atoms with Crippen molar-refractivity contribution in [1.82, 2.24) is 15.3 Å². The lowest BCUT2D eigenvalue weighted by Crippen LogP contribution is -2.32. The molecule has 0 saturated heterocycles. The molecule has 2 N–H and O–H groups in total. The van der Waals surface area contributed by atoms with Gasteiger partial charge in [0.05, 0.1) is 11.3 Å². The highest BCUT2D eigenvalue weighted by Crippen LogP contribution is 2.19. The highest BCUT2D eigenvalue weighted by molar-refractivity contribution is 6.00. The lowest BCUT2D eigenvalue weighted by atomic mass is 10.1. The van der Waals surface area contributed by atoms with Crippen molar-refractivity contribution in [1.29, 1.82) is 0 Å². The van der Waals surface area contributed by atoms with E-state index in [-0.39, 0.29) is 11.9 Å². The number of hydrogen-bond donors (Lipinski definition) is 2. The third-order valence-corrected chi connectivity index (χ3v) is 3.39. The Morgan fingerprint density at radius 3 is 2.45 bits per heavy atom. The van der Waals surface area contributed by atoms with E-state index in [1.807, 2.05) is 52.0 Å². The predicted molar refractivity (Wildman–Crippen MR) is 88.4 cm³/mol. The van der Waals surface area contributed by atoms with Gasteiger partial charge in [-0.3, -0.25) is 4.79 Å². The van der Waals surface area contributed by atoms with E-state index in [2.05, 4.69) is 20.6 Å². The molecule has 0 radical (unpaired) electrons. The largest absolute Gasteiger partial charge is 0.350 e. The zero-order valence-electron chi connectivity index (χ0n) is 13.5. The van der Waals surface area contributed by atoms with Gasteiger partial charge in [0.2, 0.25) is 5.95 Å². The Morgan fingerprint density at radius 1 is 1.18 bits per heavy atom. The SMILES string of the molecule is CC[C@@H](C)NC(=O)c1ccccc1Nc1nc(C)cc(C)n1. The van der Waals surface area contributed by atoms with Gasteiger partial charge in [-0.1, -0.05) is 19.1 Å². The van der Waals surface area contributed by atoms with Crippen LogP contribution in [0.5, 0.6) is 0 Å². The zero-order valence-corrected chi connectivity index (χ0v) is 13.5. The molecule has 2 rings (SSSR count). The van der Waals surface area contributed by atoms with Crippen LogP contribution in [0.1, 0.15) is 42.0 Å². The molecule has 1 aromatic carbocycles. The van der Waals surface area contributed by atoms with Crippen molar-refractivity contribution < 1.29 is 4.79 Å². The molecular weight excluding hydrogens is 276 g/mol. The van der Waals surface area contributed by atoms with Crippen LogP contribution >= 0.6 is 0 Å². The first-order valence-corrected chi connectivity index (χ1v) is 7.48. The molecule has 0 aliphatic heterocycles. The minimum atomic E-state index is -0.0955. The quantitative estimate of drug-likeness (QED) is 0.888. The Kier molecular flexibility index (Phi) is 5.09. The molecule has 1 amide bonds. The number of benzene rings is 1. The second-order valence-corrected chi connectivity index (χ2v) is 5.43. The molecule has 22 heavy (non-hydrogen) atoms. The number of anilines is 2. The van der Waals surface area contributed by atoms with E-state index in [0.717, 1.165) is 17.8 Å². The summed E-state index contributed by atoms with van der Waals surface area (Å²) in [6, 6.07) is 9.42. The van der Waals surface area contributed by atoms with Gasteiger partial charge in [-0.2, -0.15) is 0 Å². The van der Waals surface area contributed by atoms with Crippen molar-refractivity contribution in [2.24, 2.45) is 0 Å². The fraction of sp³-hybridized carbons (Fsp3) is 0.353. The molecule has 5 nitrogen and oxygen atoms in total. The van der Waals surface area contributed by atoms with Crippen molar-refractivity contribution in [2.75, 3.05) is 5.32 Å². The van der Waals surface area contributed by atoms with Crippen LogP contribution < -0.4 is 10.6 Å². The van der Waals surface area contributed by atoms with Crippen LogP contribution in [0.3, 0.4) is 0 Å². The standard InChI is InChI=1S/C17H22N4O/c1-5-11(2)18-16(22)14-8-6-7-9-15(14)21-17-19-12(3)10-13(4)20-17/h6-11H,5H2,1-4H3,(H,18,22)(H,19,20,21)/t11-/m1/s1. The van der Waals surface area contributed by atoms with Crippen LogP contribution in [0, 0.1) is 13.8 Å². The molecule has 0 aliphatic rings. The number of carbonyl (C=O) groups excluding carboxylic acids is 1. The Bertz CT molecular complexity index is 649. The molecule has 0 aliphatic carbocycles. The number of aryl methyl sites for hydroxylation is 2.